The fourth-order valence-corrected chi connectivity index (χ4v) is 7.26. The van der Waals surface area contributed by atoms with Gasteiger partial charge in [0.25, 0.3) is 0 Å². The Morgan fingerprint density at radius 2 is 1.22 bits per heavy atom. The predicted molar refractivity (Wildman–Crippen MR) is 193 cm³/mol. The Morgan fingerprint density at radius 3 is 1.96 bits per heavy atom. The number of aliphatic imine (C=N–C) groups is 3. The molecule has 4 nitrogen and oxygen atoms in total. The lowest BCUT2D eigenvalue weighted by atomic mass is 10.0. The number of benzene rings is 6. The third kappa shape index (κ3) is 4.84. The smallest absolute Gasteiger partial charge is 0.161 e. The molecule has 2 heterocycles. The molecule has 0 bridgehead atoms. The molecule has 0 N–H and O–H groups in total. The molecule has 5 heteroatoms. The minimum Gasteiger partial charge on any atom is -0.319 e. The van der Waals surface area contributed by atoms with E-state index in [4.69, 9.17) is 9.98 Å². The number of thiophene rings is 1. The summed E-state index contributed by atoms with van der Waals surface area (Å²) < 4.78 is 4.91. The van der Waals surface area contributed by atoms with Crippen LogP contribution in [0, 0.1) is 0 Å². The monoisotopic (exact) mass is 596 g/mol. The number of hydrogen-bond acceptors (Lipinski definition) is 2. The highest BCUT2D eigenvalue weighted by atomic mass is 32.1. The molecule has 0 unspecified atom stereocenters. The summed E-state index contributed by atoms with van der Waals surface area (Å²) in [5, 5.41) is 4.96. The number of rotatable bonds is 5. The van der Waals surface area contributed by atoms with Crippen molar-refractivity contribution in [1.82, 2.24) is 4.57 Å². The second kappa shape index (κ2) is 11.5. The summed E-state index contributed by atoms with van der Waals surface area (Å²) in [7, 11) is 0. The van der Waals surface area contributed by atoms with Gasteiger partial charge in [-0.25, -0.2) is 15.0 Å². The van der Waals surface area contributed by atoms with Gasteiger partial charge in [0.1, 0.15) is 6.67 Å². The molecule has 8 rings (SSSR count). The van der Waals surface area contributed by atoms with Crippen molar-refractivity contribution in [2.75, 3.05) is 0 Å². The molecule has 214 valence electrons. The minimum absolute atomic E-state index is 0.383. The average molecular weight is 597 g/mol. The maximum Gasteiger partial charge on any atom is 0.161 e. The number of aromatic nitrogens is 1. The quantitative estimate of drug-likeness (QED) is 0.140. The van der Waals surface area contributed by atoms with Crippen LogP contribution in [0.2, 0.25) is 0 Å². The van der Waals surface area contributed by atoms with Gasteiger partial charge in [0.15, 0.2) is 11.7 Å². The van der Waals surface area contributed by atoms with Gasteiger partial charge < -0.3 is 4.57 Å². The molecule has 0 atom stereocenters. The Hall–Kier alpha value is -5.65. The van der Waals surface area contributed by atoms with Crippen LogP contribution in [0.5, 0.6) is 0 Å². The van der Waals surface area contributed by atoms with Gasteiger partial charge in [0, 0.05) is 42.1 Å². The van der Waals surface area contributed by atoms with Crippen molar-refractivity contribution >= 4 is 71.7 Å². The third-order valence-corrected chi connectivity index (χ3v) is 9.40. The molecule has 0 radical (unpaired) electrons. The summed E-state index contributed by atoms with van der Waals surface area (Å²) in [6.07, 6.45) is 0. The Bertz CT molecular complexity index is 2400. The maximum atomic E-state index is 5.23. The van der Waals surface area contributed by atoms with Crippen LogP contribution in [-0.2, 0) is 6.67 Å². The van der Waals surface area contributed by atoms with E-state index in [2.05, 4.69) is 101 Å². The van der Waals surface area contributed by atoms with E-state index in [-0.39, 0.29) is 0 Å². The topological polar surface area (TPSA) is 42.0 Å². The molecule has 2 aromatic heterocycles. The Morgan fingerprint density at radius 1 is 0.578 bits per heavy atom. The molecule has 45 heavy (non-hydrogen) atoms. The highest BCUT2D eigenvalue weighted by Gasteiger charge is 2.18. The molecule has 0 aliphatic rings. The lowest BCUT2D eigenvalue weighted by Crippen LogP contribution is -2.07. The first-order valence-electron chi connectivity index (χ1n) is 14.9. The lowest BCUT2D eigenvalue weighted by Gasteiger charge is -2.10. The van der Waals surface area contributed by atoms with E-state index in [0.29, 0.717) is 18.3 Å². The normalized spacial score (nSPS) is 12.4. The maximum absolute atomic E-state index is 5.23. The molecule has 0 aliphatic heterocycles. The van der Waals surface area contributed by atoms with Crippen molar-refractivity contribution in [1.29, 1.82) is 0 Å². The standard InChI is InChI=1S/C40H28N4S/c1-41-39(28-15-7-3-8-16-28)43-40(29-17-9-4-10-18-29)42-26-44-34-25-30(27-13-5-2-6-14-27)21-22-31(34)32-23-24-36-37(38(32)44)33-19-11-12-20-35(33)45-36/h2-25H,1,26H2. The zero-order chi connectivity index (χ0) is 30.2. The van der Waals surface area contributed by atoms with Crippen LogP contribution < -0.4 is 0 Å². The van der Waals surface area contributed by atoms with Gasteiger partial charge in [-0.3, -0.25) is 0 Å². The van der Waals surface area contributed by atoms with Gasteiger partial charge >= 0.3 is 0 Å². The number of hydrogen-bond donors (Lipinski definition) is 0. The van der Waals surface area contributed by atoms with Gasteiger partial charge in [-0.2, -0.15) is 0 Å². The highest BCUT2D eigenvalue weighted by molar-refractivity contribution is 7.26. The van der Waals surface area contributed by atoms with Crippen molar-refractivity contribution in [2.24, 2.45) is 15.0 Å². The van der Waals surface area contributed by atoms with Crippen LogP contribution in [0.3, 0.4) is 0 Å². The van der Waals surface area contributed by atoms with E-state index in [9.17, 15) is 0 Å². The molecule has 6 aromatic carbocycles. The molecular formula is C40H28N4S. The van der Waals surface area contributed by atoms with E-state index in [0.717, 1.165) is 16.6 Å². The van der Waals surface area contributed by atoms with Gasteiger partial charge in [-0.15, -0.1) is 11.3 Å². The van der Waals surface area contributed by atoms with Gasteiger partial charge in [-0.05, 0) is 36.0 Å². The molecule has 0 aliphatic carbocycles. The van der Waals surface area contributed by atoms with E-state index < -0.39 is 0 Å². The molecule has 0 spiro atoms. The van der Waals surface area contributed by atoms with Crippen molar-refractivity contribution in [3.8, 4) is 11.1 Å². The Balaban J connectivity index is 1.40. The number of amidine groups is 2. The second-order valence-corrected chi connectivity index (χ2v) is 12.0. The molecular weight excluding hydrogens is 569 g/mol. The van der Waals surface area contributed by atoms with Crippen LogP contribution in [0.25, 0.3) is 53.1 Å². The Kier molecular flexibility index (Phi) is 6.86. The first kappa shape index (κ1) is 26.9. The summed E-state index contributed by atoms with van der Waals surface area (Å²) >= 11 is 1.84. The summed E-state index contributed by atoms with van der Waals surface area (Å²) in [5.41, 5.74) is 6.50. The van der Waals surface area contributed by atoms with Crippen LogP contribution in [0.4, 0.5) is 0 Å². The summed E-state index contributed by atoms with van der Waals surface area (Å²) in [4.78, 5) is 14.5. The first-order chi connectivity index (χ1) is 22.3. The first-order valence-corrected chi connectivity index (χ1v) is 15.7. The Labute approximate surface area is 265 Å². The molecule has 0 amide bonds. The fraction of sp³-hybridized carbons (Fsp3) is 0.0250. The molecule has 0 saturated heterocycles. The van der Waals surface area contributed by atoms with Crippen LogP contribution in [0.15, 0.2) is 161 Å². The average Bonchev–Trinajstić information content (AvgIpc) is 3.64. The third-order valence-electron chi connectivity index (χ3n) is 8.26. The van der Waals surface area contributed by atoms with Crippen LogP contribution >= 0.6 is 11.3 Å². The van der Waals surface area contributed by atoms with E-state index in [1.807, 2.05) is 72.0 Å². The number of fused-ring (bicyclic) bond motifs is 7. The molecule has 8 aromatic rings. The van der Waals surface area contributed by atoms with E-state index in [1.54, 1.807) is 0 Å². The van der Waals surface area contributed by atoms with Crippen LogP contribution in [0.1, 0.15) is 11.1 Å². The van der Waals surface area contributed by atoms with E-state index in [1.165, 1.54) is 47.6 Å². The van der Waals surface area contributed by atoms with Gasteiger partial charge in [0.2, 0.25) is 0 Å². The molecule has 0 fully saturated rings. The highest BCUT2D eigenvalue weighted by Crippen LogP contribution is 2.42. The zero-order valence-corrected chi connectivity index (χ0v) is 25.3. The predicted octanol–water partition coefficient (Wildman–Crippen LogP) is 10.4. The lowest BCUT2D eigenvalue weighted by molar-refractivity contribution is 0.793. The van der Waals surface area contributed by atoms with Crippen molar-refractivity contribution in [2.45, 2.75) is 6.67 Å². The SMILES string of the molecule is C=NC(=NC(=NCn1c2cc(-c3ccccc3)ccc2c2ccc3sc4ccccc4c3c21)c1ccccc1)c1ccccc1. The largest absolute Gasteiger partial charge is 0.319 e. The minimum atomic E-state index is 0.383. The van der Waals surface area contributed by atoms with Crippen molar-refractivity contribution in [3.63, 3.8) is 0 Å². The van der Waals surface area contributed by atoms with Crippen molar-refractivity contribution < 1.29 is 0 Å². The summed E-state index contributed by atoms with van der Waals surface area (Å²) in [6.45, 7) is 4.22. The number of nitrogens with zero attached hydrogens (tertiary/aromatic N) is 4. The second-order valence-electron chi connectivity index (χ2n) is 10.9. The van der Waals surface area contributed by atoms with E-state index >= 15 is 0 Å². The fourth-order valence-electron chi connectivity index (χ4n) is 6.15. The van der Waals surface area contributed by atoms with Gasteiger partial charge in [-0.1, -0.05) is 127 Å². The van der Waals surface area contributed by atoms with Crippen molar-refractivity contribution in [3.05, 3.63) is 157 Å². The van der Waals surface area contributed by atoms with Crippen LogP contribution in [-0.4, -0.2) is 23.0 Å². The summed E-state index contributed by atoms with van der Waals surface area (Å²) in [6, 6.07) is 50.6. The summed E-state index contributed by atoms with van der Waals surface area (Å²) in [5.74, 6) is 1.15. The zero-order valence-electron chi connectivity index (χ0n) is 24.5. The van der Waals surface area contributed by atoms with Gasteiger partial charge in [0.05, 0.1) is 11.0 Å². The molecule has 0 saturated carbocycles.